The highest BCUT2D eigenvalue weighted by Crippen LogP contribution is 2.43. The molecule has 0 bridgehead atoms. The largest absolute Gasteiger partial charge is 0.357 e. The Morgan fingerprint density at radius 2 is 1.96 bits per heavy atom. The number of guanidine groups is 1. The average Bonchev–Trinajstić information content (AvgIpc) is 2.98. The second-order valence-electron chi connectivity index (χ2n) is 6.64. The van der Waals surface area contributed by atoms with E-state index in [-0.39, 0.29) is 29.4 Å². The summed E-state index contributed by atoms with van der Waals surface area (Å²) in [6, 6.07) is 10.8. The molecule has 0 amide bonds. The van der Waals surface area contributed by atoms with Gasteiger partial charge in [-0.1, -0.05) is 34.5 Å². The monoisotopic (exact) mass is 531 g/mol. The molecule has 0 saturated heterocycles. The molecule has 0 aliphatic heterocycles. The van der Waals surface area contributed by atoms with E-state index in [0.717, 1.165) is 29.2 Å². The molecule has 0 unspecified atom stereocenters. The Morgan fingerprint density at radius 1 is 1.23 bits per heavy atom. The van der Waals surface area contributed by atoms with E-state index >= 15 is 0 Å². The number of nitrogens with zero attached hydrogens (tertiary/aromatic N) is 3. The molecule has 1 fully saturated rings. The maximum absolute atomic E-state index is 4.71. The Morgan fingerprint density at radius 3 is 2.50 bits per heavy atom. The lowest BCUT2D eigenvalue weighted by atomic mass is 9.64. The van der Waals surface area contributed by atoms with Gasteiger partial charge in [0.15, 0.2) is 5.96 Å². The summed E-state index contributed by atoms with van der Waals surface area (Å²) in [6.45, 7) is 4.47. The van der Waals surface area contributed by atoms with Crippen LogP contribution < -0.4 is 10.6 Å². The molecule has 0 spiro atoms. The summed E-state index contributed by atoms with van der Waals surface area (Å²) < 4.78 is 2.99. The zero-order valence-corrected chi connectivity index (χ0v) is 19.3. The zero-order chi connectivity index (χ0) is 17.7. The first kappa shape index (κ1) is 21.2. The number of halogens is 2. The molecule has 7 heteroatoms. The molecule has 5 nitrogen and oxygen atoms in total. The Hall–Kier alpha value is -1.09. The van der Waals surface area contributed by atoms with Crippen molar-refractivity contribution in [2.45, 2.75) is 38.1 Å². The van der Waals surface area contributed by atoms with Crippen molar-refractivity contribution in [3.8, 4) is 0 Å². The molecule has 142 valence electrons. The highest BCUT2D eigenvalue weighted by atomic mass is 127. The fraction of sp³-hybridized carbons (Fsp3) is 0.474. The molecular formula is C19H27BrIN5. The number of aromatic nitrogens is 2. The third-order valence-electron chi connectivity index (χ3n) is 5.03. The number of nitrogens with one attached hydrogen (secondary N) is 2. The van der Waals surface area contributed by atoms with Gasteiger partial charge in [0.05, 0.1) is 12.2 Å². The van der Waals surface area contributed by atoms with Crippen LogP contribution in [0.3, 0.4) is 0 Å². The molecule has 3 rings (SSSR count). The van der Waals surface area contributed by atoms with Gasteiger partial charge in [-0.2, -0.15) is 5.10 Å². The molecule has 1 saturated carbocycles. The molecule has 26 heavy (non-hydrogen) atoms. The summed E-state index contributed by atoms with van der Waals surface area (Å²) in [7, 11) is 1.95. The van der Waals surface area contributed by atoms with E-state index in [2.05, 4.69) is 62.9 Å². The Bertz CT molecular complexity index is 722. The van der Waals surface area contributed by atoms with Gasteiger partial charge in [-0.25, -0.2) is 4.99 Å². The van der Waals surface area contributed by atoms with Gasteiger partial charge in [0.1, 0.15) is 0 Å². The van der Waals surface area contributed by atoms with Crippen molar-refractivity contribution in [1.29, 1.82) is 0 Å². The molecule has 0 atom stereocenters. The predicted molar refractivity (Wildman–Crippen MR) is 121 cm³/mol. The van der Waals surface area contributed by atoms with Crippen molar-refractivity contribution in [2.24, 2.45) is 12.0 Å². The highest BCUT2D eigenvalue weighted by molar-refractivity contribution is 14.0. The minimum atomic E-state index is 0. The third kappa shape index (κ3) is 5.00. The fourth-order valence-corrected chi connectivity index (χ4v) is 3.55. The number of benzene rings is 1. The summed E-state index contributed by atoms with van der Waals surface area (Å²) in [5.41, 5.74) is 2.74. The molecule has 1 aliphatic carbocycles. The molecular weight excluding hydrogens is 505 g/mol. The Kier molecular flexibility index (Phi) is 7.94. The molecule has 1 heterocycles. The van der Waals surface area contributed by atoms with Gasteiger partial charge in [-0.05, 0) is 43.5 Å². The van der Waals surface area contributed by atoms with Crippen LogP contribution in [0.5, 0.6) is 0 Å². The summed E-state index contributed by atoms with van der Waals surface area (Å²) in [5, 5.41) is 11.1. The third-order valence-corrected chi connectivity index (χ3v) is 5.56. The van der Waals surface area contributed by atoms with E-state index in [1.165, 1.54) is 24.8 Å². The summed E-state index contributed by atoms with van der Waals surface area (Å²) >= 11 is 3.53. The van der Waals surface area contributed by atoms with E-state index in [0.29, 0.717) is 6.54 Å². The van der Waals surface area contributed by atoms with Crippen molar-refractivity contribution in [1.82, 2.24) is 20.4 Å². The van der Waals surface area contributed by atoms with Crippen LogP contribution in [0.15, 0.2) is 46.0 Å². The minimum Gasteiger partial charge on any atom is -0.357 e. The lowest BCUT2D eigenvalue weighted by molar-refractivity contribution is 0.244. The fourth-order valence-electron chi connectivity index (χ4n) is 3.29. The van der Waals surface area contributed by atoms with E-state index < -0.39 is 0 Å². The van der Waals surface area contributed by atoms with Crippen LogP contribution in [0, 0.1) is 0 Å². The van der Waals surface area contributed by atoms with E-state index in [1.54, 1.807) is 0 Å². The van der Waals surface area contributed by atoms with Crippen LogP contribution in [0.4, 0.5) is 0 Å². The summed E-state index contributed by atoms with van der Waals surface area (Å²) in [6.07, 6.45) is 5.55. The van der Waals surface area contributed by atoms with Gasteiger partial charge in [0.25, 0.3) is 0 Å². The number of aliphatic imine (C=N–C) groups is 1. The van der Waals surface area contributed by atoms with Crippen molar-refractivity contribution >= 4 is 45.9 Å². The van der Waals surface area contributed by atoms with Gasteiger partial charge in [-0.15, -0.1) is 24.0 Å². The van der Waals surface area contributed by atoms with Crippen LogP contribution in [0.25, 0.3) is 0 Å². The maximum atomic E-state index is 4.71. The number of hydrogen-bond acceptors (Lipinski definition) is 2. The van der Waals surface area contributed by atoms with Crippen molar-refractivity contribution in [3.05, 3.63) is 52.3 Å². The first-order chi connectivity index (χ1) is 12.1. The molecule has 2 aromatic rings. The maximum Gasteiger partial charge on any atom is 0.191 e. The van der Waals surface area contributed by atoms with Gasteiger partial charge in [0.2, 0.25) is 0 Å². The van der Waals surface area contributed by atoms with Crippen LogP contribution >= 0.6 is 39.9 Å². The standard InChI is InChI=1S/C19H26BrN5.HI/c1-3-21-18(22-13-17-9-12-24-25(17)2)23-14-19(10-4-11-19)15-5-7-16(20)8-6-15;/h5-9,12H,3-4,10-11,13-14H2,1-2H3,(H2,21,22,23);1H. The quantitative estimate of drug-likeness (QED) is 0.337. The smallest absolute Gasteiger partial charge is 0.191 e. The Balaban J connectivity index is 0.00000243. The molecule has 2 N–H and O–H groups in total. The molecule has 0 radical (unpaired) electrons. The van der Waals surface area contributed by atoms with Crippen LogP contribution in [-0.4, -0.2) is 28.8 Å². The van der Waals surface area contributed by atoms with E-state index in [9.17, 15) is 0 Å². The molecule has 1 aliphatic rings. The topological polar surface area (TPSA) is 54.2 Å². The van der Waals surface area contributed by atoms with Crippen molar-refractivity contribution in [2.75, 3.05) is 13.1 Å². The second kappa shape index (κ2) is 9.73. The first-order valence-corrected chi connectivity index (χ1v) is 9.67. The zero-order valence-electron chi connectivity index (χ0n) is 15.3. The van der Waals surface area contributed by atoms with Gasteiger partial charge >= 0.3 is 0 Å². The van der Waals surface area contributed by atoms with E-state index in [1.807, 2.05) is 24.0 Å². The SMILES string of the molecule is CCNC(=NCc1ccnn1C)NCC1(c2ccc(Br)cc2)CCC1.I. The minimum absolute atomic E-state index is 0. The van der Waals surface area contributed by atoms with Gasteiger partial charge in [-0.3, -0.25) is 4.68 Å². The van der Waals surface area contributed by atoms with Crippen LogP contribution in [0.2, 0.25) is 0 Å². The van der Waals surface area contributed by atoms with E-state index in [4.69, 9.17) is 4.99 Å². The summed E-state index contributed by atoms with van der Waals surface area (Å²) in [4.78, 5) is 4.71. The number of hydrogen-bond donors (Lipinski definition) is 2. The second-order valence-corrected chi connectivity index (χ2v) is 7.55. The number of rotatable bonds is 6. The van der Waals surface area contributed by atoms with Crippen molar-refractivity contribution < 1.29 is 0 Å². The van der Waals surface area contributed by atoms with Gasteiger partial charge in [0, 0.05) is 36.2 Å². The van der Waals surface area contributed by atoms with Crippen molar-refractivity contribution in [3.63, 3.8) is 0 Å². The normalized spacial score (nSPS) is 15.7. The lowest BCUT2D eigenvalue weighted by Gasteiger charge is -2.43. The average molecular weight is 532 g/mol. The molecule has 1 aromatic heterocycles. The first-order valence-electron chi connectivity index (χ1n) is 8.88. The highest BCUT2D eigenvalue weighted by Gasteiger charge is 2.38. The molecule has 1 aromatic carbocycles. The van der Waals surface area contributed by atoms with Crippen LogP contribution in [-0.2, 0) is 19.0 Å². The van der Waals surface area contributed by atoms with Crippen LogP contribution in [0.1, 0.15) is 37.4 Å². The predicted octanol–water partition coefficient (Wildman–Crippen LogP) is 3.98. The Labute approximate surface area is 181 Å². The van der Waals surface area contributed by atoms with Gasteiger partial charge < -0.3 is 10.6 Å². The lowest BCUT2D eigenvalue weighted by Crippen LogP contribution is -2.48. The number of aryl methyl sites for hydroxylation is 1. The summed E-state index contributed by atoms with van der Waals surface area (Å²) in [5.74, 6) is 0.868.